The first-order chi connectivity index (χ1) is 12.4. The zero-order chi connectivity index (χ0) is 18.7. The standard InChI is InChI=1S/C20H22FN3O2/c1-20(2,3)14-7-8-18(16(21)12-14)26-11-9-22-19(25)15-13-23-24-10-5-4-6-17(15)24/h4-8,10,12-13H,9,11H2,1-3H3,(H,22,25). The number of ether oxygens (including phenoxy) is 1. The van der Waals surface area contributed by atoms with E-state index in [0.717, 1.165) is 11.1 Å². The number of nitrogens with one attached hydrogen (secondary N) is 1. The third kappa shape index (κ3) is 3.85. The summed E-state index contributed by atoms with van der Waals surface area (Å²) >= 11 is 0. The van der Waals surface area contributed by atoms with Crippen LogP contribution in [0, 0.1) is 5.82 Å². The molecule has 26 heavy (non-hydrogen) atoms. The minimum Gasteiger partial charge on any atom is -0.489 e. The molecule has 0 spiro atoms. The van der Waals surface area contributed by atoms with E-state index in [1.165, 1.54) is 12.3 Å². The second kappa shape index (κ2) is 7.15. The molecule has 0 saturated heterocycles. The molecule has 3 rings (SSSR count). The number of amides is 1. The van der Waals surface area contributed by atoms with Gasteiger partial charge in [0.1, 0.15) is 6.61 Å². The molecule has 0 fully saturated rings. The number of benzene rings is 1. The zero-order valence-corrected chi connectivity index (χ0v) is 15.1. The highest BCUT2D eigenvalue weighted by molar-refractivity contribution is 6.00. The van der Waals surface area contributed by atoms with Gasteiger partial charge in [0.2, 0.25) is 0 Å². The van der Waals surface area contributed by atoms with Crippen LogP contribution >= 0.6 is 0 Å². The summed E-state index contributed by atoms with van der Waals surface area (Å²) in [5.41, 5.74) is 2.01. The fourth-order valence-electron chi connectivity index (χ4n) is 2.61. The first-order valence-corrected chi connectivity index (χ1v) is 8.49. The van der Waals surface area contributed by atoms with Crippen molar-refractivity contribution in [2.45, 2.75) is 26.2 Å². The number of fused-ring (bicyclic) bond motifs is 1. The lowest BCUT2D eigenvalue weighted by molar-refractivity contribution is 0.0948. The van der Waals surface area contributed by atoms with E-state index in [1.807, 2.05) is 45.0 Å². The molecule has 1 amide bonds. The van der Waals surface area contributed by atoms with E-state index in [1.54, 1.807) is 16.8 Å². The van der Waals surface area contributed by atoms with Crippen molar-refractivity contribution in [3.8, 4) is 5.75 Å². The van der Waals surface area contributed by atoms with Crippen LogP contribution in [0.15, 0.2) is 48.8 Å². The van der Waals surface area contributed by atoms with Crippen LogP contribution in [-0.4, -0.2) is 28.7 Å². The van der Waals surface area contributed by atoms with Crippen molar-refractivity contribution in [2.75, 3.05) is 13.2 Å². The van der Waals surface area contributed by atoms with Gasteiger partial charge in [0.15, 0.2) is 11.6 Å². The number of hydrogen-bond acceptors (Lipinski definition) is 3. The van der Waals surface area contributed by atoms with Gasteiger partial charge < -0.3 is 10.1 Å². The molecule has 0 aliphatic rings. The molecule has 1 aromatic carbocycles. The Bertz CT molecular complexity index is 928. The number of nitrogens with zero attached hydrogens (tertiary/aromatic N) is 2. The largest absolute Gasteiger partial charge is 0.489 e. The summed E-state index contributed by atoms with van der Waals surface area (Å²) in [5, 5.41) is 6.89. The Hall–Kier alpha value is -2.89. The molecule has 0 aliphatic carbocycles. The van der Waals surface area contributed by atoms with E-state index in [4.69, 9.17) is 4.74 Å². The van der Waals surface area contributed by atoms with E-state index in [-0.39, 0.29) is 30.2 Å². The van der Waals surface area contributed by atoms with Crippen LogP contribution < -0.4 is 10.1 Å². The van der Waals surface area contributed by atoms with Crippen molar-refractivity contribution >= 4 is 11.4 Å². The lowest BCUT2D eigenvalue weighted by Gasteiger charge is -2.19. The predicted octanol–water partition coefficient (Wildman–Crippen LogP) is 3.58. The Morgan fingerprint density at radius 2 is 2.08 bits per heavy atom. The Kier molecular flexibility index (Phi) is 4.93. The van der Waals surface area contributed by atoms with Gasteiger partial charge in [-0.3, -0.25) is 4.79 Å². The summed E-state index contributed by atoms with van der Waals surface area (Å²) in [6.45, 7) is 6.52. The van der Waals surface area contributed by atoms with Crippen molar-refractivity contribution in [1.82, 2.24) is 14.9 Å². The van der Waals surface area contributed by atoms with Crippen LogP contribution in [0.1, 0.15) is 36.7 Å². The molecular weight excluding hydrogens is 333 g/mol. The van der Waals surface area contributed by atoms with Gasteiger partial charge in [-0.05, 0) is 35.2 Å². The summed E-state index contributed by atoms with van der Waals surface area (Å²) < 4.78 is 21.2. The molecule has 5 nitrogen and oxygen atoms in total. The van der Waals surface area contributed by atoms with Crippen LogP contribution in [0.4, 0.5) is 4.39 Å². The number of halogens is 1. The Labute approximate surface area is 151 Å². The number of carbonyl (C=O) groups is 1. The quantitative estimate of drug-likeness (QED) is 0.712. The maximum atomic E-state index is 14.1. The fourth-order valence-corrected chi connectivity index (χ4v) is 2.61. The monoisotopic (exact) mass is 355 g/mol. The van der Waals surface area contributed by atoms with E-state index < -0.39 is 5.82 Å². The SMILES string of the molecule is CC(C)(C)c1ccc(OCCNC(=O)c2cnn3ccccc23)c(F)c1. The fraction of sp³-hybridized carbons (Fsp3) is 0.300. The van der Waals surface area contributed by atoms with Crippen molar-refractivity contribution in [2.24, 2.45) is 0 Å². The second-order valence-electron chi connectivity index (χ2n) is 7.09. The van der Waals surface area contributed by atoms with Crippen LogP contribution in [0.25, 0.3) is 5.52 Å². The van der Waals surface area contributed by atoms with Crippen molar-refractivity contribution in [3.05, 3.63) is 65.7 Å². The molecule has 0 saturated carbocycles. The second-order valence-corrected chi connectivity index (χ2v) is 7.09. The van der Waals surface area contributed by atoms with Crippen LogP contribution in [-0.2, 0) is 5.41 Å². The van der Waals surface area contributed by atoms with Gasteiger partial charge in [0.05, 0.1) is 23.8 Å². The average molecular weight is 355 g/mol. The zero-order valence-electron chi connectivity index (χ0n) is 15.1. The molecular formula is C20H22FN3O2. The summed E-state index contributed by atoms with van der Waals surface area (Å²) in [7, 11) is 0. The third-order valence-electron chi connectivity index (χ3n) is 4.11. The maximum Gasteiger partial charge on any atom is 0.255 e. The average Bonchev–Trinajstić information content (AvgIpc) is 3.03. The first kappa shape index (κ1) is 17.9. The topological polar surface area (TPSA) is 55.6 Å². The van der Waals surface area contributed by atoms with Crippen molar-refractivity contribution in [1.29, 1.82) is 0 Å². The Balaban J connectivity index is 1.55. The number of pyridine rings is 1. The third-order valence-corrected chi connectivity index (χ3v) is 4.11. The summed E-state index contributed by atoms with van der Waals surface area (Å²) in [5.74, 6) is -0.451. The Morgan fingerprint density at radius 1 is 1.27 bits per heavy atom. The lowest BCUT2D eigenvalue weighted by Crippen LogP contribution is -2.28. The van der Waals surface area contributed by atoms with Gasteiger partial charge in [-0.2, -0.15) is 5.10 Å². The normalized spacial score (nSPS) is 11.5. The number of aromatic nitrogens is 2. The van der Waals surface area contributed by atoms with Gasteiger partial charge in [-0.25, -0.2) is 8.91 Å². The number of carbonyl (C=O) groups excluding carboxylic acids is 1. The van der Waals surface area contributed by atoms with Gasteiger partial charge in [0.25, 0.3) is 5.91 Å². The summed E-state index contributed by atoms with van der Waals surface area (Å²) in [6, 6.07) is 10.5. The van der Waals surface area contributed by atoms with Crippen LogP contribution in [0.3, 0.4) is 0 Å². The van der Waals surface area contributed by atoms with E-state index in [2.05, 4.69) is 10.4 Å². The number of hydrogen-bond donors (Lipinski definition) is 1. The molecule has 0 atom stereocenters. The van der Waals surface area contributed by atoms with Crippen LogP contribution in [0.2, 0.25) is 0 Å². The molecule has 0 aliphatic heterocycles. The van der Waals surface area contributed by atoms with E-state index in [9.17, 15) is 9.18 Å². The highest BCUT2D eigenvalue weighted by Crippen LogP contribution is 2.26. The van der Waals surface area contributed by atoms with E-state index in [0.29, 0.717) is 5.56 Å². The van der Waals surface area contributed by atoms with Gasteiger partial charge in [-0.1, -0.05) is 32.9 Å². The minimum absolute atomic E-state index is 0.123. The highest BCUT2D eigenvalue weighted by Gasteiger charge is 2.16. The van der Waals surface area contributed by atoms with Crippen molar-refractivity contribution < 1.29 is 13.9 Å². The number of rotatable bonds is 5. The molecule has 0 radical (unpaired) electrons. The highest BCUT2D eigenvalue weighted by atomic mass is 19.1. The van der Waals surface area contributed by atoms with E-state index >= 15 is 0 Å². The van der Waals surface area contributed by atoms with Crippen LogP contribution in [0.5, 0.6) is 5.75 Å². The van der Waals surface area contributed by atoms with Crippen molar-refractivity contribution in [3.63, 3.8) is 0 Å². The predicted molar refractivity (Wildman–Crippen MR) is 98.1 cm³/mol. The molecule has 1 N–H and O–H groups in total. The van der Waals surface area contributed by atoms with Gasteiger partial charge in [-0.15, -0.1) is 0 Å². The van der Waals surface area contributed by atoms with Gasteiger partial charge in [0, 0.05) is 6.20 Å². The Morgan fingerprint density at radius 3 is 2.81 bits per heavy atom. The first-order valence-electron chi connectivity index (χ1n) is 8.49. The molecule has 136 valence electrons. The lowest BCUT2D eigenvalue weighted by atomic mass is 9.87. The summed E-state index contributed by atoms with van der Waals surface area (Å²) in [4.78, 5) is 12.3. The molecule has 2 heterocycles. The smallest absolute Gasteiger partial charge is 0.255 e. The minimum atomic E-state index is -0.397. The molecule has 3 aromatic rings. The molecule has 6 heteroatoms. The summed E-state index contributed by atoms with van der Waals surface area (Å²) in [6.07, 6.45) is 3.30. The molecule has 0 unspecified atom stereocenters. The molecule has 2 aromatic heterocycles. The maximum absolute atomic E-state index is 14.1. The molecule has 0 bridgehead atoms. The van der Waals surface area contributed by atoms with Gasteiger partial charge >= 0.3 is 0 Å².